The molecule has 36 heavy (non-hydrogen) atoms. The number of halogens is 1. The molecule has 0 spiro atoms. The molecular weight excluding hydrogens is 469 g/mol. The number of hydrogen-bond donors (Lipinski definition) is 2. The van der Waals surface area contributed by atoms with Gasteiger partial charge in [0.05, 0.1) is 6.54 Å². The van der Waals surface area contributed by atoms with Crippen LogP contribution in [-0.4, -0.2) is 101 Å². The lowest BCUT2D eigenvalue weighted by Gasteiger charge is -2.51. The third-order valence-electron chi connectivity index (χ3n) is 7.00. The second-order valence-corrected chi connectivity index (χ2v) is 9.62. The van der Waals surface area contributed by atoms with Crippen molar-refractivity contribution < 1.29 is 28.7 Å². The Morgan fingerprint density at radius 3 is 2.56 bits per heavy atom. The van der Waals surface area contributed by atoms with Crippen molar-refractivity contribution in [2.45, 2.75) is 32.0 Å². The van der Waals surface area contributed by atoms with Crippen LogP contribution in [0.15, 0.2) is 35.7 Å². The van der Waals surface area contributed by atoms with Gasteiger partial charge in [-0.2, -0.15) is 0 Å². The monoisotopic (exact) mass is 501 g/mol. The summed E-state index contributed by atoms with van der Waals surface area (Å²) in [6, 6.07) is 5.64. The number of nitrogens with one attached hydrogen (secondary N) is 1. The summed E-state index contributed by atoms with van der Waals surface area (Å²) in [4.78, 5) is 57.9. The van der Waals surface area contributed by atoms with E-state index in [4.69, 9.17) is 0 Å². The molecule has 3 aliphatic heterocycles. The molecule has 0 aliphatic carbocycles. The minimum atomic E-state index is -1.16. The summed E-state index contributed by atoms with van der Waals surface area (Å²) in [6.07, 6.45) is 1.54. The number of aliphatic hydroxyl groups is 1. The predicted molar refractivity (Wildman–Crippen MR) is 128 cm³/mol. The Hall–Kier alpha value is -3.47. The summed E-state index contributed by atoms with van der Waals surface area (Å²) in [7, 11) is 3.43. The van der Waals surface area contributed by atoms with Gasteiger partial charge in [0, 0.05) is 53.2 Å². The second-order valence-electron chi connectivity index (χ2n) is 9.62. The van der Waals surface area contributed by atoms with Gasteiger partial charge in [-0.05, 0) is 30.5 Å². The van der Waals surface area contributed by atoms with Gasteiger partial charge in [0.15, 0.2) is 5.76 Å². The molecule has 2 saturated heterocycles. The number of carbonyl (C=O) groups excluding carboxylic acids is 4. The number of carbonyl (C=O) groups is 4. The number of fused-ring (bicyclic) bond motifs is 2. The number of piperazine rings is 1. The zero-order chi connectivity index (χ0) is 26.0. The van der Waals surface area contributed by atoms with E-state index in [1.54, 1.807) is 28.8 Å². The lowest BCUT2D eigenvalue weighted by Crippen LogP contribution is -2.66. The van der Waals surface area contributed by atoms with Crippen molar-refractivity contribution in [3.63, 3.8) is 0 Å². The third-order valence-corrected chi connectivity index (χ3v) is 7.00. The first-order valence-corrected chi connectivity index (χ1v) is 12.2. The first-order valence-electron chi connectivity index (χ1n) is 12.2. The van der Waals surface area contributed by atoms with Crippen LogP contribution >= 0.6 is 0 Å². The highest BCUT2D eigenvalue weighted by Crippen LogP contribution is 2.32. The lowest BCUT2D eigenvalue weighted by molar-refractivity contribution is -0.150. The molecule has 11 heteroatoms. The molecule has 2 unspecified atom stereocenters. The Kier molecular flexibility index (Phi) is 7.58. The van der Waals surface area contributed by atoms with Crippen molar-refractivity contribution >= 4 is 23.5 Å². The Balaban J connectivity index is 1.45. The molecule has 2 N–H and O–H groups in total. The molecule has 1 aromatic carbocycles. The molecule has 194 valence electrons. The first kappa shape index (κ1) is 25.6. The number of nitrogens with zero attached hydrogens (tertiary/aromatic N) is 4. The Morgan fingerprint density at radius 2 is 1.86 bits per heavy atom. The minimum Gasteiger partial charge on any atom is -0.503 e. The highest BCUT2D eigenvalue weighted by atomic mass is 19.1. The molecule has 1 aromatic rings. The maximum atomic E-state index is 13.3. The van der Waals surface area contributed by atoms with E-state index in [1.165, 1.54) is 24.3 Å². The molecule has 3 amide bonds. The Bertz CT molecular complexity index is 1070. The highest BCUT2D eigenvalue weighted by molar-refractivity contribution is 6.13. The van der Waals surface area contributed by atoms with Crippen molar-refractivity contribution in [2.75, 3.05) is 46.8 Å². The van der Waals surface area contributed by atoms with Gasteiger partial charge in [-0.15, -0.1) is 0 Å². The van der Waals surface area contributed by atoms with Crippen LogP contribution < -0.4 is 5.32 Å². The number of hydrogen-bond acceptors (Lipinski definition) is 7. The molecule has 4 rings (SSSR count). The number of aliphatic hydroxyl groups excluding tert-OH is 1. The van der Waals surface area contributed by atoms with Crippen LogP contribution in [0, 0.1) is 11.7 Å². The quantitative estimate of drug-likeness (QED) is 0.522. The van der Waals surface area contributed by atoms with Crippen LogP contribution in [0.25, 0.3) is 0 Å². The number of amides is 3. The van der Waals surface area contributed by atoms with Gasteiger partial charge in [0.1, 0.15) is 23.6 Å². The fourth-order valence-electron chi connectivity index (χ4n) is 4.99. The first-order chi connectivity index (χ1) is 17.2. The third kappa shape index (κ3) is 5.20. The molecule has 10 nitrogen and oxygen atoms in total. The number of benzene rings is 1. The van der Waals surface area contributed by atoms with Crippen LogP contribution in [0.4, 0.5) is 4.39 Å². The summed E-state index contributed by atoms with van der Waals surface area (Å²) in [6.45, 7) is 2.35. The maximum Gasteiger partial charge on any atom is 0.275 e. The normalized spacial score (nSPS) is 22.3. The van der Waals surface area contributed by atoms with Gasteiger partial charge in [-0.25, -0.2) is 4.39 Å². The molecule has 0 bridgehead atoms. The summed E-state index contributed by atoms with van der Waals surface area (Å²) in [5.41, 5.74) is 0.617. The van der Waals surface area contributed by atoms with E-state index >= 15 is 0 Å². The fourth-order valence-corrected chi connectivity index (χ4v) is 4.99. The van der Waals surface area contributed by atoms with Crippen LogP contribution in [0.3, 0.4) is 0 Å². The van der Waals surface area contributed by atoms with E-state index in [2.05, 4.69) is 10.2 Å². The Morgan fingerprint density at radius 1 is 1.14 bits per heavy atom. The highest BCUT2D eigenvalue weighted by Gasteiger charge is 2.48. The second kappa shape index (κ2) is 10.7. The molecule has 3 heterocycles. The van der Waals surface area contributed by atoms with Crippen molar-refractivity contribution in [3.05, 3.63) is 47.1 Å². The van der Waals surface area contributed by atoms with Gasteiger partial charge < -0.3 is 25.1 Å². The van der Waals surface area contributed by atoms with E-state index in [0.717, 1.165) is 13.0 Å². The Labute approximate surface area is 209 Å². The van der Waals surface area contributed by atoms with Crippen LogP contribution in [0.1, 0.15) is 24.8 Å². The summed E-state index contributed by atoms with van der Waals surface area (Å²) < 4.78 is 13.1. The van der Waals surface area contributed by atoms with Crippen molar-refractivity contribution in [1.82, 2.24) is 24.9 Å². The number of allylic oxidation sites excluding steroid dienone is 1. The predicted octanol–water partition coefficient (Wildman–Crippen LogP) is 0.455. The van der Waals surface area contributed by atoms with Gasteiger partial charge in [-0.1, -0.05) is 12.1 Å². The maximum absolute atomic E-state index is 13.3. The van der Waals surface area contributed by atoms with Gasteiger partial charge in [0.25, 0.3) is 5.91 Å². The molecule has 2 fully saturated rings. The molecule has 0 radical (unpaired) electrons. The van der Waals surface area contributed by atoms with Crippen molar-refractivity contribution in [2.24, 2.45) is 5.92 Å². The van der Waals surface area contributed by atoms with Crippen LogP contribution in [-0.2, 0) is 25.7 Å². The SMILES string of the molecule is CN(C)C(=O)CCCN1CCCN2C(=O)C3=C(O)C(=O)C(C(=O)NCc4ccc(F)cc4)CN3CC12. The minimum absolute atomic E-state index is 0.0173. The van der Waals surface area contributed by atoms with E-state index in [-0.39, 0.29) is 36.7 Å². The summed E-state index contributed by atoms with van der Waals surface area (Å²) >= 11 is 0. The number of ketones is 1. The van der Waals surface area contributed by atoms with Crippen LogP contribution in [0.2, 0.25) is 0 Å². The average molecular weight is 502 g/mol. The zero-order valence-corrected chi connectivity index (χ0v) is 20.6. The lowest BCUT2D eigenvalue weighted by atomic mass is 9.92. The molecule has 0 saturated carbocycles. The van der Waals surface area contributed by atoms with E-state index in [1.807, 2.05) is 0 Å². The number of rotatable bonds is 7. The molecular formula is C25H32FN5O5. The van der Waals surface area contributed by atoms with E-state index < -0.39 is 29.3 Å². The largest absolute Gasteiger partial charge is 0.503 e. The molecule has 2 atom stereocenters. The topological polar surface area (TPSA) is 113 Å². The van der Waals surface area contributed by atoms with Gasteiger partial charge in [-0.3, -0.25) is 24.1 Å². The van der Waals surface area contributed by atoms with Gasteiger partial charge >= 0.3 is 0 Å². The van der Waals surface area contributed by atoms with Crippen molar-refractivity contribution in [3.8, 4) is 0 Å². The zero-order valence-electron chi connectivity index (χ0n) is 20.6. The van der Waals surface area contributed by atoms with Crippen LogP contribution in [0.5, 0.6) is 0 Å². The summed E-state index contributed by atoms with van der Waals surface area (Å²) in [5, 5.41) is 13.3. The smallest absolute Gasteiger partial charge is 0.275 e. The van der Waals surface area contributed by atoms with Gasteiger partial charge in [0.2, 0.25) is 17.6 Å². The molecule has 3 aliphatic rings. The molecule has 0 aromatic heterocycles. The fraction of sp³-hybridized carbons (Fsp3) is 0.520. The van der Waals surface area contributed by atoms with E-state index in [0.29, 0.717) is 38.0 Å². The standard InChI is InChI=1S/C25H32FN5O5/c1-28(2)20(32)5-3-10-29-11-4-12-31-19(29)15-30-14-18(22(33)23(34)21(30)25(31)36)24(35)27-13-16-6-8-17(26)9-7-16/h6-9,18-19,34H,3-5,10-15H2,1-2H3,(H,27,35). The number of Topliss-reactive ketones (excluding diaryl/α,β-unsaturated/α-hetero) is 1. The van der Waals surface area contributed by atoms with Crippen molar-refractivity contribution in [1.29, 1.82) is 0 Å². The van der Waals surface area contributed by atoms with E-state index in [9.17, 15) is 28.7 Å². The average Bonchev–Trinajstić information content (AvgIpc) is 2.85. The summed E-state index contributed by atoms with van der Waals surface area (Å²) in [5.74, 6) is -3.95.